The van der Waals surface area contributed by atoms with Gasteiger partial charge in [-0.2, -0.15) is 0 Å². The van der Waals surface area contributed by atoms with E-state index in [-0.39, 0.29) is 0 Å². The summed E-state index contributed by atoms with van der Waals surface area (Å²) in [4.78, 5) is 0. The normalized spacial score (nSPS) is 15.3. The summed E-state index contributed by atoms with van der Waals surface area (Å²) >= 11 is 0. The second kappa shape index (κ2) is 8.06. The highest BCUT2D eigenvalue weighted by molar-refractivity contribution is 6.27. The predicted molar refractivity (Wildman–Crippen MR) is 184 cm³/mol. The van der Waals surface area contributed by atoms with Crippen molar-refractivity contribution in [2.24, 2.45) is 0 Å². The molecule has 1 atom stereocenters. The Bertz CT molecular complexity index is 2680. The van der Waals surface area contributed by atoms with Gasteiger partial charge in [-0.25, -0.2) is 0 Å². The summed E-state index contributed by atoms with van der Waals surface area (Å²) in [5, 5.41) is 6.65. The van der Waals surface area contributed by atoms with Crippen LogP contribution in [0.2, 0.25) is 0 Å². The number of benzene rings is 6. The molecule has 2 aliphatic rings. The Balaban J connectivity index is 1.18. The molecule has 1 aliphatic heterocycles. The maximum Gasteiger partial charge on any atom is 0.0626 e. The maximum absolute atomic E-state index is 2.56. The number of nitrogens with zero attached hydrogens (tertiary/aromatic N) is 2. The summed E-state index contributed by atoms with van der Waals surface area (Å²) in [6.07, 6.45) is 5.78. The number of fused-ring (bicyclic) bond motifs is 12. The SMILES string of the molecule is C1=Cc2c3n(c4ccc(-c5ccccc5)cc24)-c2cc(-c4ccc5c6ccccc6n6c7ccccc7c4c56)ccc2C3C1. The van der Waals surface area contributed by atoms with Crippen LogP contribution in [-0.4, -0.2) is 8.97 Å². The van der Waals surface area contributed by atoms with Gasteiger partial charge in [-0.05, 0) is 64.6 Å². The van der Waals surface area contributed by atoms with Crippen molar-refractivity contribution >= 4 is 55.1 Å². The minimum absolute atomic E-state index is 0.396. The zero-order valence-corrected chi connectivity index (χ0v) is 24.0. The molecule has 3 aromatic heterocycles. The van der Waals surface area contributed by atoms with Crippen molar-refractivity contribution in [1.82, 2.24) is 8.97 Å². The molecule has 6 aromatic carbocycles. The molecular formula is C42H26N2. The molecule has 0 saturated carbocycles. The van der Waals surface area contributed by atoms with Crippen LogP contribution in [0.4, 0.5) is 0 Å². The predicted octanol–water partition coefficient (Wildman–Crippen LogP) is 11.0. The zero-order valence-electron chi connectivity index (χ0n) is 24.0. The van der Waals surface area contributed by atoms with E-state index in [9.17, 15) is 0 Å². The third-order valence-electron chi connectivity index (χ3n) is 10.3. The van der Waals surface area contributed by atoms with E-state index in [1.807, 2.05) is 0 Å². The third-order valence-corrected chi connectivity index (χ3v) is 10.3. The lowest BCUT2D eigenvalue weighted by Crippen LogP contribution is -2.00. The molecular weight excluding hydrogens is 532 g/mol. The van der Waals surface area contributed by atoms with Crippen molar-refractivity contribution < 1.29 is 0 Å². The lowest BCUT2D eigenvalue weighted by molar-refractivity contribution is 0.820. The average Bonchev–Trinajstić information content (AvgIpc) is 3.81. The molecule has 0 N–H and O–H groups in total. The fourth-order valence-corrected chi connectivity index (χ4v) is 8.53. The largest absolute Gasteiger partial charge is 0.312 e. The van der Waals surface area contributed by atoms with Crippen molar-refractivity contribution in [2.75, 3.05) is 0 Å². The van der Waals surface area contributed by atoms with Gasteiger partial charge in [0.05, 0.1) is 27.8 Å². The van der Waals surface area contributed by atoms with Gasteiger partial charge in [-0.15, -0.1) is 0 Å². The third kappa shape index (κ3) is 2.72. The Kier molecular flexibility index (Phi) is 4.20. The van der Waals surface area contributed by atoms with E-state index in [1.165, 1.54) is 93.8 Å². The number of para-hydroxylation sites is 2. The highest BCUT2D eigenvalue weighted by Gasteiger charge is 2.35. The summed E-state index contributed by atoms with van der Waals surface area (Å²) in [7, 11) is 0. The van der Waals surface area contributed by atoms with Crippen LogP contribution < -0.4 is 0 Å². The van der Waals surface area contributed by atoms with Crippen molar-refractivity contribution in [3.8, 4) is 27.9 Å². The highest BCUT2D eigenvalue weighted by Crippen LogP contribution is 2.51. The standard InChI is InChI=1S/C42H26N2/c1-2-9-25(10-3-1)26-18-22-38-35(23-26)32-14-8-13-31-30-19-17-27(24-39(30)44(38)41(31)32)28-20-21-33-29-11-4-6-15-36(29)43-37-16-7-5-12-34(37)40(28)42(33)43/h1-12,14-24,31H,13H2. The minimum Gasteiger partial charge on any atom is -0.312 e. The van der Waals surface area contributed by atoms with Crippen molar-refractivity contribution in [3.63, 3.8) is 0 Å². The van der Waals surface area contributed by atoms with E-state index in [0.717, 1.165) is 6.42 Å². The lowest BCUT2D eigenvalue weighted by atomic mass is 9.86. The molecule has 204 valence electrons. The minimum atomic E-state index is 0.396. The second-order valence-corrected chi connectivity index (χ2v) is 12.5. The molecule has 0 amide bonds. The number of allylic oxidation sites excluding steroid dienone is 1. The monoisotopic (exact) mass is 558 g/mol. The Morgan fingerprint density at radius 1 is 0.545 bits per heavy atom. The molecule has 0 fully saturated rings. The van der Waals surface area contributed by atoms with Crippen molar-refractivity contribution in [2.45, 2.75) is 12.3 Å². The van der Waals surface area contributed by atoms with E-state index in [1.54, 1.807) is 0 Å². The molecule has 9 aromatic rings. The number of hydrogen-bond acceptors (Lipinski definition) is 0. The summed E-state index contributed by atoms with van der Waals surface area (Å²) in [6, 6.07) is 47.4. The fraction of sp³-hybridized carbons (Fsp3) is 0.0476. The van der Waals surface area contributed by atoms with E-state index < -0.39 is 0 Å². The molecule has 44 heavy (non-hydrogen) atoms. The molecule has 0 bridgehead atoms. The van der Waals surface area contributed by atoms with Gasteiger partial charge in [-0.1, -0.05) is 109 Å². The van der Waals surface area contributed by atoms with Crippen LogP contribution >= 0.6 is 0 Å². The Morgan fingerprint density at radius 2 is 1.32 bits per heavy atom. The molecule has 11 rings (SSSR count). The van der Waals surface area contributed by atoms with Crippen LogP contribution in [0.15, 0.2) is 133 Å². The van der Waals surface area contributed by atoms with Crippen LogP contribution in [-0.2, 0) is 0 Å². The van der Waals surface area contributed by atoms with E-state index in [4.69, 9.17) is 0 Å². The quantitative estimate of drug-likeness (QED) is 0.200. The van der Waals surface area contributed by atoms with Gasteiger partial charge in [0, 0.05) is 44.1 Å². The number of aromatic nitrogens is 2. The lowest BCUT2D eigenvalue weighted by Gasteiger charge is -2.15. The molecule has 0 radical (unpaired) electrons. The van der Waals surface area contributed by atoms with Crippen LogP contribution in [0, 0.1) is 0 Å². The molecule has 0 saturated heterocycles. The molecule has 2 heteroatoms. The van der Waals surface area contributed by atoms with E-state index >= 15 is 0 Å². The van der Waals surface area contributed by atoms with Crippen molar-refractivity contribution in [3.05, 3.63) is 150 Å². The van der Waals surface area contributed by atoms with Gasteiger partial charge in [-0.3, -0.25) is 0 Å². The Labute approximate surface area is 254 Å². The second-order valence-electron chi connectivity index (χ2n) is 12.5. The number of rotatable bonds is 2. The van der Waals surface area contributed by atoms with E-state index in [0.29, 0.717) is 5.92 Å². The van der Waals surface area contributed by atoms with Crippen LogP contribution in [0.5, 0.6) is 0 Å². The smallest absolute Gasteiger partial charge is 0.0626 e. The zero-order chi connectivity index (χ0) is 28.5. The summed E-state index contributed by atoms with van der Waals surface area (Å²) in [5.74, 6) is 0.396. The molecule has 4 heterocycles. The van der Waals surface area contributed by atoms with Gasteiger partial charge in [0.15, 0.2) is 0 Å². The fourth-order valence-electron chi connectivity index (χ4n) is 8.53. The highest BCUT2D eigenvalue weighted by atomic mass is 15.0. The van der Waals surface area contributed by atoms with Gasteiger partial charge in [0.2, 0.25) is 0 Å². The van der Waals surface area contributed by atoms with Gasteiger partial charge >= 0.3 is 0 Å². The molecule has 1 unspecified atom stereocenters. The first-order valence-corrected chi connectivity index (χ1v) is 15.6. The molecule has 2 nitrogen and oxygen atoms in total. The van der Waals surface area contributed by atoms with Crippen LogP contribution in [0.1, 0.15) is 29.2 Å². The van der Waals surface area contributed by atoms with Gasteiger partial charge in [0.1, 0.15) is 0 Å². The topological polar surface area (TPSA) is 9.34 Å². The van der Waals surface area contributed by atoms with Crippen LogP contribution in [0.25, 0.3) is 83.0 Å². The first-order chi connectivity index (χ1) is 21.8. The maximum atomic E-state index is 2.56. The average molecular weight is 559 g/mol. The van der Waals surface area contributed by atoms with Crippen molar-refractivity contribution in [1.29, 1.82) is 0 Å². The van der Waals surface area contributed by atoms with Crippen LogP contribution in [0.3, 0.4) is 0 Å². The first kappa shape index (κ1) is 22.9. The summed E-state index contributed by atoms with van der Waals surface area (Å²) < 4.78 is 5.04. The number of hydrogen-bond donors (Lipinski definition) is 0. The van der Waals surface area contributed by atoms with Gasteiger partial charge in [0.25, 0.3) is 0 Å². The molecule has 0 spiro atoms. The molecule has 1 aliphatic carbocycles. The first-order valence-electron chi connectivity index (χ1n) is 15.6. The van der Waals surface area contributed by atoms with E-state index in [2.05, 4.69) is 149 Å². The Hall–Kier alpha value is -5.60. The summed E-state index contributed by atoms with van der Waals surface area (Å²) in [5.41, 5.74) is 15.9. The van der Waals surface area contributed by atoms with Gasteiger partial charge < -0.3 is 8.97 Å². The Morgan fingerprint density at radius 3 is 2.20 bits per heavy atom. The summed E-state index contributed by atoms with van der Waals surface area (Å²) in [6.45, 7) is 0.